The van der Waals surface area contributed by atoms with E-state index in [-0.39, 0.29) is 11.6 Å². The van der Waals surface area contributed by atoms with Gasteiger partial charge in [0.05, 0.1) is 21.3 Å². The fourth-order valence-electron chi connectivity index (χ4n) is 2.07. The summed E-state index contributed by atoms with van der Waals surface area (Å²) in [5, 5.41) is 0. The lowest BCUT2D eigenvalue weighted by Gasteiger charge is -2.21. The molecular formula is C13H20N2O3. The Balaban J connectivity index is 2.43. The topological polar surface area (TPSA) is 79.7 Å². The molecular weight excluding hydrogens is 232 g/mol. The van der Waals surface area contributed by atoms with E-state index in [9.17, 15) is 0 Å². The zero-order chi connectivity index (χ0) is 13.3. The van der Waals surface area contributed by atoms with Crippen LogP contribution in [0.25, 0.3) is 0 Å². The van der Waals surface area contributed by atoms with Crippen LogP contribution in [0.4, 0.5) is 0 Å². The minimum Gasteiger partial charge on any atom is -0.493 e. The third kappa shape index (κ3) is 2.11. The monoisotopic (exact) mass is 252 g/mol. The lowest BCUT2D eigenvalue weighted by atomic mass is 9.98. The average Bonchev–Trinajstić information content (AvgIpc) is 3.15. The van der Waals surface area contributed by atoms with Crippen LogP contribution in [0.5, 0.6) is 17.2 Å². The summed E-state index contributed by atoms with van der Waals surface area (Å²) in [4.78, 5) is 0. The molecule has 0 spiro atoms. The Bertz CT molecular complexity index is 419. The van der Waals surface area contributed by atoms with Gasteiger partial charge < -0.3 is 25.7 Å². The van der Waals surface area contributed by atoms with Crippen molar-refractivity contribution in [3.8, 4) is 17.2 Å². The van der Waals surface area contributed by atoms with Crippen molar-refractivity contribution in [3.63, 3.8) is 0 Å². The first-order valence-electron chi connectivity index (χ1n) is 5.90. The first-order valence-corrected chi connectivity index (χ1v) is 5.90. The van der Waals surface area contributed by atoms with Crippen LogP contribution in [0, 0.1) is 0 Å². The smallest absolute Gasteiger partial charge is 0.203 e. The molecule has 0 saturated heterocycles. The zero-order valence-electron chi connectivity index (χ0n) is 11.0. The van der Waals surface area contributed by atoms with Gasteiger partial charge in [-0.1, -0.05) is 0 Å². The van der Waals surface area contributed by atoms with E-state index in [0.29, 0.717) is 17.2 Å². The standard InChI is InChI=1S/C13H20N2O3/c1-16-9-6-8(12(14)13(15)4-5-13)7-10(17-2)11(9)18-3/h6-7,12H,4-5,14-15H2,1-3H3. The molecule has 0 radical (unpaired) electrons. The maximum atomic E-state index is 6.20. The molecule has 1 unspecified atom stereocenters. The minimum absolute atomic E-state index is 0.216. The van der Waals surface area contributed by atoms with Gasteiger partial charge in [-0.3, -0.25) is 0 Å². The van der Waals surface area contributed by atoms with Gasteiger partial charge in [0.25, 0.3) is 0 Å². The highest BCUT2D eigenvalue weighted by molar-refractivity contribution is 5.55. The molecule has 1 aliphatic rings. The van der Waals surface area contributed by atoms with Crippen LogP contribution in [0.3, 0.4) is 0 Å². The number of hydrogen-bond acceptors (Lipinski definition) is 5. The second kappa shape index (κ2) is 4.66. The fraction of sp³-hybridized carbons (Fsp3) is 0.538. The first-order chi connectivity index (χ1) is 8.55. The largest absolute Gasteiger partial charge is 0.493 e. The van der Waals surface area contributed by atoms with Crippen LogP contribution in [0.15, 0.2) is 12.1 Å². The third-order valence-corrected chi connectivity index (χ3v) is 3.49. The highest BCUT2D eigenvalue weighted by Gasteiger charge is 2.45. The predicted octanol–water partition coefficient (Wildman–Crippen LogP) is 1.20. The van der Waals surface area contributed by atoms with Crippen molar-refractivity contribution in [2.45, 2.75) is 24.4 Å². The molecule has 0 aromatic heterocycles. The van der Waals surface area contributed by atoms with Gasteiger partial charge >= 0.3 is 0 Å². The van der Waals surface area contributed by atoms with E-state index in [1.807, 2.05) is 12.1 Å². The van der Waals surface area contributed by atoms with Crippen molar-refractivity contribution < 1.29 is 14.2 Å². The van der Waals surface area contributed by atoms with Crippen molar-refractivity contribution in [2.75, 3.05) is 21.3 Å². The summed E-state index contributed by atoms with van der Waals surface area (Å²) in [6.07, 6.45) is 1.90. The van der Waals surface area contributed by atoms with Gasteiger partial charge in [0.1, 0.15) is 0 Å². The van der Waals surface area contributed by atoms with Crippen molar-refractivity contribution in [3.05, 3.63) is 17.7 Å². The maximum absolute atomic E-state index is 6.20. The van der Waals surface area contributed by atoms with Gasteiger partial charge in [0, 0.05) is 11.6 Å². The molecule has 5 heteroatoms. The van der Waals surface area contributed by atoms with Crippen LogP contribution >= 0.6 is 0 Å². The number of nitrogens with two attached hydrogens (primary N) is 2. The summed E-state index contributed by atoms with van der Waals surface area (Å²) in [7, 11) is 4.75. The molecule has 1 aromatic carbocycles. The molecule has 1 saturated carbocycles. The summed E-state index contributed by atoms with van der Waals surface area (Å²) >= 11 is 0. The van der Waals surface area contributed by atoms with Gasteiger partial charge in [0.2, 0.25) is 5.75 Å². The SMILES string of the molecule is COc1cc(C(N)C2(N)CC2)cc(OC)c1OC. The second-order valence-electron chi connectivity index (χ2n) is 4.67. The molecule has 0 aliphatic heterocycles. The predicted molar refractivity (Wildman–Crippen MR) is 69.2 cm³/mol. The summed E-state index contributed by atoms with van der Waals surface area (Å²) in [6, 6.07) is 3.50. The van der Waals surface area contributed by atoms with Gasteiger partial charge in [-0.2, -0.15) is 0 Å². The fourth-order valence-corrected chi connectivity index (χ4v) is 2.07. The van der Waals surface area contributed by atoms with Gasteiger partial charge in [-0.15, -0.1) is 0 Å². The van der Waals surface area contributed by atoms with E-state index in [4.69, 9.17) is 25.7 Å². The summed E-state index contributed by atoms with van der Waals surface area (Å²) in [5.74, 6) is 1.77. The van der Waals surface area contributed by atoms with Crippen LogP contribution in [-0.2, 0) is 0 Å². The normalized spacial score (nSPS) is 18.1. The molecule has 0 heterocycles. The van der Waals surface area contributed by atoms with Crippen LogP contribution < -0.4 is 25.7 Å². The summed E-state index contributed by atoms with van der Waals surface area (Å²) in [5.41, 5.74) is 13.0. The average molecular weight is 252 g/mol. The van der Waals surface area contributed by atoms with E-state index in [1.54, 1.807) is 21.3 Å². The van der Waals surface area contributed by atoms with E-state index in [1.165, 1.54) is 0 Å². The van der Waals surface area contributed by atoms with E-state index >= 15 is 0 Å². The number of benzene rings is 1. The number of methoxy groups -OCH3 is 3. The molecule has 1 aliphatic carbocycles. The minimum atomic E-state index is -0.287. The lowest BCUT2D eigenvalue weighted by molar-refractivity contribution is 0.323. The Hall–Kier alpha value is -1.46. The van der Waals surface area contributed by atoms with E-state index in [2.05, 4.69) is 0 Å². The van der Waals surface area contributed by atoms with E-state index < -0.39 is 0 Å². The van der Waals surface area contributed by atoms with Crippen molar-refractivity contribution in [1.82, 2.24) is 0 Å². The molecule has 2 rings (SSSR count). The van der Waals surface area contributed by atoms with Gasteiger partial charge in [-0.25, -0.2) is 0 Å². The Kier molecular flexibility index (Phi) is 3.36. The van der Waals surface area contributed by atoms with Gasteiger partial charge in [-0.05, 0) is 30.5 Å². The summed E-state index contributed by atoms with van der Waals surface area (Å²) in [6.45, 7) is 0. The maximum Gasteiger partial charge on any atom is 0.203 e. The van der Waals surface area contributed by atoms with Crippen molar-refractivity contribution >= 4 is 0 Å². The molecule has 18 heavy (non-hydrogen) atoms. The van der Waals surface area contributed by atoms with Crippen LogP contribution in [-0.4, -0.2) is 26.9 Å². The molecule has 1 fully saturated rings. The molecule has 1 aromatic rings. The molecule has 5 nitrogen and oxygen atoms in total. The molecule has 4 N–H and O–H groups in total. The van der Waals surface area contributed by atoms with Crippen molar-refractivity contribution in [2.24, 2.45) is 11.5 Å². The van der Waals surface area contributed by atoms with E-state index in [0.717, 1.165) is 18.4 Å². The quantitative estimate of drug-likeness (QED) is 0.823. The highest BCUT2D eigenvalue weighted by Crippen LogP contribution is 2.46. The molecule has 1 atom stereocenters. The molecule has 0 amide bonds. The number of hydrogen-bond donors (Lipinski definition) is 2. The zero-order valence-corrected chi connectivity index (χ0v) is 11.0. The Morgan fingerprint density at radius 2 is 1.56 bits per heavy atom. The highest BCUT2D eigenvalue weighted by atomic mass is 16.5. The number of rotatable bonds is 5. The summed E-state index contributed by atoms with van der Waals surface area (Å²) < 4.78 is 15.9. The second-order valence-corrected chi connectivity index (χ2v) is 4.67. The number of ether oxygens (including phenoxy) is 3. The Labute approximate surface area is 107 Å². The molecule has 100 valence electrons. The Morgan fingerprint density at radius 3 is 1.89 bits per heavy atom. The molecule has 0 bridgehead atoms. The first kappa shape index (κ1) is 13.0. The van der Waals surface area contributed by atoms with Crippen LogP contribution in [0.1, 0.15) is 24.4 Å². The van der Waals surface area contributed by atoms with Crippen LogP contribution in [0.2, 0.25) is 0 Å². The van der Waals surface area contributed by atoms with Crippen molar-refractivity contribution in [1.29, 1.82) is 0 Å². The lowest BCUT2D eigenvalue weighted by Crippen LogP contribution is -2.36. The third-order valence-electron chi connectivity index (χ3n) is 3.49. The van der Waals surface area contributed by atoms with Gasteiger partial charge in [0.15, 0.2) is 11.5 Å². The Morgan fingerprint density at radius 1 is 1.06 bits per heavy atom.